The first-order valence-electron chi connectivity index (χ1n) is 4.96. The fourth-order valence-corrected chi connectivity index (χ4v) is 1.43. The number of hydrogen-bond acceptors (Lipinski definition) is 4. The Labute approximate surface area is 94.1 Å². The monoisotopic (exact) mass is 218 g/mol. The minimum Gasteiger partial charge on any atom is -0.493 e. The summed E-state index contributed by atoms with van der Waals surface area (Å²) < 4.78 is 6.96. The lowest BCUT2D eigenvalue weighted by atomic mass is 10.3. The van der Waals surface area contributed by atoms with Gasteiger partial charge in [-0.1, -0.05) is 0 Å². The first kappa shape index (κ1) is 10.5. The van der Waals surface area contributed by atoms with E-state index in [9.17, 15) is 0 Å². The number of rotatable bonds is 3. The molecule has 5 nitrogen and oxygen atoms in total. The fraction of sp³-hybridized carbons (Fsp3) is 0.273. The zero-order chi connectivity index (χ0) is 11.5. The number of aromatic nitrogens is 3. The van der Waals surface area contributed by atoms with Crippen LogP contribution in [0.5, 0.6) is 5.75 Å². The van der Waals surface area contributed by atoms with Crippen molar-refractivity contribution in [2.45, 2.75) is 6.92 Å². The van der Waals surface area contributed by atoms with Crippen LogP contribution in [0.4, 0.5) is 11.5 Å². The number of anilines is 2. The van der Waals surface area contributed by atoms with Gasteiger partial charge in [0, 0.05) is 25.0 Å². The van der Waals surface area contributed by atoms with E-state index in [0.717, 1.165) is 17.2 Å². The van der Waals surface area contributed by atoms with Crippen LogP contribution in [0.2, 0.25) is 0 Å². The van der Waals surface area contributed by atoms with Gasteiger partial charge in [-0.3, -0.25) is 9.67 Å². The van der Waals surface area contributed by atoms with Crippen molar-refractivity contribution < 1.29 is 4.74 Å². The molecule has 0 saturated carbocycles. The maximum atomic E-state index is 5.22. The van der Waals surface area contributed by atoms with Gasteiger partial charge in [-0.15, -0.1) is 0 Å². The lowest BCUT2D eigenvalue weighted by Crippen LogP contribution is -1.98. The van der Waals surface area contributed by atoms with E-state index in [4.69, 9.17) is 4.74 Å². The van der Waals surface area contributed by atoms with Crippen LogP contribution in [-0.2, 0) is 7.05 Å². The summed E-state index contributed by atoms with van der Waals surface area (Å²) in [4.78, 5) is 4.17. The van der Waals surface area contributed by atoms with Gasteiger partial charge in [-0.25, -0.2) is 0 Å². The molecule has 0 atom stereocenters. The van der Waals surface area contributed by atoms with Crippen LogP contribution in [0.1, 0.15) is 5.69 Å². The van der Waals surface area contributed by atoms with Crippen LogP contribution in [0.25, 0.3) is 0 Å². The number of pyridine rings is 1. The molecule has 0 amide bonds. The van der Waals surface area contributed by atoms with E-state index in [-0.39, 0.29) is 0 Å². The largest absolute Gasteiger partial charge is 0.493 e. The van der Waals surface area contributed by atoms with Crippen molar-refractivity contribution in [1.82, 2.24) is 14.8 Å². The minimum absolute atomic E-state index is 0.705. The Morgan fingerprint density at radius 2 is 2.25 bits per heavy atom. The summed E-state index contributed by atoms with van der Waals surface area (Å²) in [5.74, 6) is 1.49. The fourth-order valence-electron chi connectivity index (χ4n) is 1.43. The molecule has 0 radical (unpaired) electrons. The van der Waals surface area contributed by atoms with Crippen molar-refractivity contribution in [1.29, 1.82) is 0 Å². The van der Waals surface area contributed by atoms with Gasteiger partial charge in [0.2, 0.25) is 0 Å². The van der Waals surface area contributed by atoms with E-state index in [1.165, 1.54) is 0 Å². The lowest BCUT2D eigenvalue weighted by Gasteiger charge is -2.09. The van der Waals surface area contributed by atoms with Crippen LogP contribution in [-0.4, -0.2) is 21.9 Å². The Kier molecular flexibility index (Phi) is 2.76. The highest BCUT2D eigenvalue weighted by atomic mass is 16.5. The Balaban J connectivity index is 2.29. The van der Waals surface area contributed by atoms with Gasteiger partial charge in [0.15, 0.2) is 11.6 Å². The van der Waals surface area contributed by atoms with Gasteiger partial charge in [-0.2, -0.15) is 5.10 Å². The van der Waals surface area contributed by atoms with Crippen LogP contribution >= 0.6 is 0 Å². The first-order valence-corrected chi connectivity index (χ1v) is 4.96. The van der Waals surface area contributed by atoms with E-state index in [1.807, 2.05) is 32.3 Å². The maximum Gasteiger partial charge on any atom is 0.160 e. The lowest BCUT2D eigenvalue weighted by molar-refractivity contribution is 0.414. The summed E-state index contributed by atoms with van der Waals surface area (Å²) in [7, 11) is 3.50. The van der Waals surface area contributed by atoms with E-state index < -0.39 is 0 Å². The van der Waals surface area contributed by atoms with E-state index in [2.05, 4.69) is 15.4 Å². The summed E-state index contributed by atoms with van der Waals surface area (Å²) >= 11 is 0. The first-order chi connectivity index (χ1) is 7.69. The number of methoxy groups -OCH3 is 1. The summed E-state index contributed by atoms with van der Waals surface area (Å²) in [6.45, 7) is 1.93. The van der Waals surface area contributed by atoms with Gasteiger partial charge in [-0.05, 0) is 13.0 Å². The third-order valence-electron chi connectivity index (χ3n) is 2.20. The second-order valence-corrected chi connectivity index (χ2v) is 3.53. The Morgan fingerprint density at radius 3 is 2.88 bits per heavy atom. The third kappa shape index (κ3) is 2.13. The van der Waals surface area contributed by atoms with Gasteiger partial charge in [0.25, 0.3) is 0 Å². The summed E-state index contributed by atoms with van der Waals surface area (Å²) in [5.41, 5.74) is 1.80. The molecule has 2 aromatic heterocycles. The number of nitrogens with zero attached hydrogens (tertiary/aromatic N) is 3. The third-order valence-corrected chi connectivity index (χ3v) is 2.20. The molecule has 0 saturated heterocycles. The molecule has 1 N–H and O–H groups in total. The molecule has 84 valence electrons. The average molecular weight is 218 g/mol. The van der Waals surface area contributed by atoms with Crippen molar-refractivity contribution >= 4 is 11.5 Å². The maximum absolute atomic E-state index is 5.22. The SMILES string of the molecule is COc1cnc(C)cc1Nc1ccn(C)n1. The standard InChI is InChI=1S/C11H14N4O/c1-8-6-9(10(16-3)7-12-8)13-11-4-5-15(2)14-11/h4-7H,1-3H3,(H,12,13,14). The topological polar surface area (TPSA) is 52.0 Å². The number of aryl methyl sites for hydroxylation is 2. The Morgan fingerprint density at radius 1 is 1.44 bits per heavy atom. The molecular formula is C11H14N4O. The molecule has 16 heavy (non-hydrogen) atoms. The second kappa shape index (κ2) is 4.22. The highest BCUT2D eigenvalue weighted by molar-refractivity contribution is 5.63. The molecule has 0 aliphatic rings. The molecule has 2 heterocycles. The number of hydrogen-bond donors (Lipinski definition) is 1. The predicted molar refractivity (Wildman–Crippen MR) is 62.0 cm³/mol. The number of ether oxygens (including phenoxy) is 1. The summed E-state index contributed by atoms with van der Waals surface area (Å²) in [6, 6.07) is 3.82. The predicted octanol–water partition coefficient (Wildman–Crippen LogP) is 1.88. The van der Waals surface area contributed by atoms with Crippen LogP contribution in [0.15, 0.2) is 24.5 Å². The Bertz CT molecular complexity index is 492. The molecular weight excluding hydrogens is 204 g/mol. The zero-order valence-electron chi connectivity index (χ0n) is 9.56. The van der Waals surface area contributed by atoms with E-state index >= 15 is 0 Å². The van der Waals surface area contributed by atoms with Crippen molar-refractivity contribution in [3.8, 4) is 5.75 Å². The molecule has 0 unspecified atom stereocenters. The molecule has 0 spiro atoms. The van der Waals surface area contributed by atoms with E-state index in [0.29, 0.717) is 5.75 Å². The van der Waals surface area contributed by atoms with Gasteiger partial charge < -0.3 is 10.1 Å². The molecule has 0 aliphatic heterocycles. The van der Waals surface area contributed by atoms with Crippen LogP contribution < -0.4 is 10.1 Å². The van der Waals surface area contributed by atoms with Crippen molar-refractivity contribution in [3.05, 3.63) is 30.2 Å². The Hall–Kier alpha value is -2.04. The zero-order valence-corrected chi connectivity index (χ0v) is 9.56. The van der Waals surface area contributed by atoms with Gasteiger partial charge >= 0.3 is 0 Å². The van der Waals surface area contributed by atoms with Crippen molar-refractivity contribution in [3.63, 3.8) is 0 Å². The van der Waals surface area contributed by atoms with Crippen molar-refractivity contribution in [2.24, 2.45) is 7.05 Å². The van der Waals surface area contributed by atoms with Crippen LogP contribution in [0.3, 0.4) is 0 Å². The molecule has 0 aliphatic carbocycles. The van der Waals surface area contributed by atoms with Gasteiger partial charge in [0.1, 0.15) is 0 Å². The molecule has 0 bridgehead atoms. The number of nitrogens with one attached hydrogen (secondary N) is 1. The highest BCUT2D eigenvalue weighted by Gasteiger charge is 2.05. The van der Waals surface area contributed by atoms with E-state index in [1.54, 1.807) is 18.0 Å². The smallest absolute Gasteiger partial charge is 0.160 e. The van der Waals surface area contributed by atoms with Crippen molar-refractivity contribution in [2.75, 3.05) is 12.4 Å². The molecule has 2 aromatic rings. The molecule has 0 aromatic carbocycles. The minimum atomic E-state index is 0.705. The quantitative estimate of drug-likeness (QED) is 0.854. The molecule has 2 rings (SSSR count). The summed E-state index contributed by atoms with van der Waals surface area (Å²) in [5, 5.41) is 7.43. The summed E-state index contributed by atoms with van der Waals surface area (Å²) in [6.07, 6.45) is 3.57. The van der Waals surface area contributed by atoms with Crippen LogP contribution in [0, 0.1) is 6.92 Å². The average Bonchev–Trinajstić information content (AvgIpc) is 2.64. The normalized spacial score (nSPS) is 10.2. The molecule has 0 fully saturated rings. The second-order valence-electron chi connectivity index (χ2n) is 3.53. The highest BCUT2D eigenvalue weighted by Crippen LogP contribution is 2.26. The van der Waals surface area contributed by atoms with Gasteiger partial charge in [0.05, 0.1) is 19.0 Å². The molecule has 5 heteroatoms.